The van der Waals surface area contributed by atoms with Crippen molar-refractivity contribution in [1.82, 2.24) is 4.90 Å². The van der Waals surface area contributed by atoms with Crippen LogP contribution in [0.1, 0.15) is 38.8 Å². The summed E-state index contributed by atoms with van der Waals surface area (Å²) in [6.45, 7) is 9.00. The highest BCUT2D eigenvalue weighted by atomic mass is 32.2. The molecular weight excluding hydrogens is 374 g/mol. The van der Waals surface area contributed by atoms with Gasteiger partial charge >= 0.3 is 0 Å². The van der Waals surface area contributed by atoms with Crippen LogP contribution in [0.4, 0.5) is 5.69 Å². The van der Waals surface area contributed by atoms with Crippen LogP contribution in [0.25, 0.3) is 0 Å². The van der Waals surface area contributed by atoms with Crippen LogP contribution < -0.4 is 10.5 Å². The van der Waals surface area contributed by atoms with Gasteiger partial charge in [-0.15, -0.1) is 0 Å². The summed E-state index contributed by atoms with van der Waals surface area (Å²) in [5, 5.41) is 7.88. The normalized spacial score (nSPS) is 13.4. The van der Waals surface area contributed by atoms with Crippen LogP contribution in [-0.4, -0.2) is 32.3 Å². The Bertz CT molecular complexity index is 915. The zero-order chi connectivity index (χ0) is 21.1. The molecule has 0 saturated carbocycles. The number of likely N-dealkylation sites (N-methyl/N-ethyl adjacent to an activating group) is 1. The van der Waals surface area contributed by atoms with Crippen LogP contribution in [0.3, 0.4) is 0 Å². The van der Waals surface area contributed by atoms with E-state index in [0.717, 1.165) is 5.56 Å². The molecular formula is C21H29N3O3S. The summed E-state index contributed by atoms with van der Waals surface area (Å²) in [5.74, 6) is -0.169. The Morgan fingerprint density at radius 2 is 1.61 bits per heavy atom. The molecule has 0 bridgehead atoms. The van der Waals surface area contributed by atoms with Crippen LogP contribution in [0, 0.1) is 0 Å². The maximum atomic E-state index is 12.5. The molecule has 0 heterocycles. The lowest BCUT2D eigenvalue weighted by Crippen LogP contribution is -2.39. The number of benzene rings is 2. The predicted molar refractivity (Wildman–Crippen MR) is 113 cm³/mol. The minimum absolute atomic E-state index is 0.00868. The quantitative estimate of drug-likeness (QED) is 0.775. The van der Waals surface area contributed by atoms with Gasteiger partial charge in [0.05, 0.1) is 10.9 Å². The van der Waals surface area contributed by atoms with Crippen LogP contribution in [0.2, 0.25) is 0 Å². The third-order valence-electron chi connectivity index (χ3n) is 4.74. The molecule has 0 fully saturated rings. The van der Waals surface area contributed by atoms with Crippen LogP contribution in [0.5, 0.6) is 0 Å². The van der Waals surface area contributed by atoms with Gasteiger partial charge in [0.25, 0.3) is 0 Å². The summed E-state index contributed by atoms with van der Waals surface area (Å²) in [5.41, 5.74) is 3.03. The van der Waals surface area contributed by atoms with Gasteiger partial charge in [-0.2, -0.15) is 0 Å². The lowest BCUT2D eigenvalue weighted by molar-refractivity contribution is -0.120. The minimum Gasteiger partial charge on any atom is -0.325 e. The fourth-order valence-electron chi connectivity index (χ4n) is 2.71. The summed E-state index contributed by atoms with van der Waals surface area (Å²) >= 11 is 0. The van der Waals surface area contributed by atoms with Crippen LogP contribution >= 0.6 is 0 Å². The summed E-state index contributed by atoms with van der Waals surface area (Å²) in [6, 6.07) is 13.9. The molecule has 3 N–H and O–H groups in total. The van der Waals surface area contributed by atoms with E-state index >= 15 is 0 Å². The van der Waals surface area contributed by atoms with E-state index in [4.69, 9.17) is 5.14 Å². The molecule has 0 unspecified atom stereocenters. The Balaban J connectivity index is 1.98. The van der Waals surface area contributed by atoms with Gasteiger partial charge in [-0.05, 0) is 54.8 Å². The Morgan fingerprint density at radius 1 is 1.07 bits per heavy atom. The van der Waals surface area contributed by atoms with Crippen molar-refractivity contribution in [2.24, 2.45) is 5.14 Å². The number of amides is 1. The van der Waals surface area contributed by atoms with Crippen molar-refractivity contribution in [2.75, 3.05) is 12.4 Å². The fraction of sp³-hybridized carbons (Fsp3) is 0.381. The molecule has 0 spiro atoms. The van der Waals surface area contributed by atoms with Crippen molar-refractivity contribution in [3.05, 3.63) is 59.7 Å². The van der Waals surface area contributed by atoms with Crippen molar-refractivity contribution in [1.29, 1.82) is 0 Å². The Hall–Kier alpha value is -2.22. The number of carbonyl (C=O) groups is 1. The topological polar surface area (TPSA) is 92.5 Å². The number of nitrogens with one attached hydrogen (secondary N) is 1. The molecule has 2 aromatic rings. The molecule has 0 radical (unpaired) electrons. The molecule has 1 amide bonds. The average Bonchev–Trinajstić information content (AvgIpc) is 2.60. The number of primary sulfonamides is 1. The van der Waals surface area contributed by atoms with Crippen molar-refractivity contribution in [2.45, 2.75) is 50.6 Å². The molecule has 2 aromatic carbocycles. The minimum atomic E-state index is -3.75. The first-order valence-electron chi connectivity index (χ1n) is 9.11. The number of sulfonamides is 1. The van der Waals surface area contributed by atoms with E-state index < -0.39 is 10.0 Å². The number of nitrogens with two attached hydrogens (primary N) is 1. The summed E-state index contributed by atoms with van der Waals surface area (Å²) in [7, 11) is -1.85. The summed E-state index contributed by atoms with van der Waals surface area (Å²) in [6.07, 6.45) is 0. The number of hydrogen-bond acceptors (Lipinski definition) is 4. The van der Waals surface area contributed by atoms with Gasteiger partial charge in [0, 0.05) is 12.2 Å². The van der Waals surface area contributed by atoms with E-state index in [2.05, 4.69) is 50.4 Å². The number of rotatable bonds is 6. The van der Waals surface area contributed by atoms with E-state index in [-0.39, 0.29) is 22.3 Å². The maximum absolute atomic E-state index is 12.5. The lowest BCUT2D eigenvalue weighted by atomic mass is 9.87. The Labute approximate surface area is 167 Å². The SMILES string of the molecule is C[C@H](C(=O)Nc1ccc(S(N)(=O)=O)cc1)N(C)Cc1ccc(C(C)(C)C)cc1. The molecule has 28 heavy (non-hydrogen) atoms. The van der Waals surface area contributed by atoms with Gasteiger partial charge in [0.1, 0.15) is 0 Å². The largest absolute Gasteiger partial charge is 0.325 e. The van der Waals surface area contributed by atoms with Gasteiger partial charge in [-0.3, -0.25) is 9.69 Å². The van der Waals surface area contributed by atoms with E-state index in [1.807, 2.05) is 18.9 Å². The second kappa shape index (κ2) is 8.43. The van der Waals surface area contributed by atoms with Gasteiger partial charge in [-0.1, -0.05) is 45.0 Å². The molecule has 0 aliphatic heterocycles. The molecule has 0 saturated heterocycles. The zero-order valence-corrected chi connectivity index (χ0v) is 17.9. The highest BCUT2D eigenvalue weighted by Gasteiger charge is 2.19. The third-order valence-corrected chi connectivity index (χ3v) is 5.67. The van der Waals surface area contributed by atoms with Crippen molar-refractivity contribution in [3.63, 3.8) is 0 Å². The lowest BCUT2D eigenvalue weighted by Gasteiger charge is -2.25. The van der Waals surface area contributed by atoms with E-state index in [1.54, 1.807) is 0 Å². The van der Waals surface area contributed by atoms with Crippen molar-refractivity contribution < 1.29 is 13.2 Å². The molecule has 0 aliphatic rings. The van der Waals surface area contributed by atoms with Crippen molar-refractivity contribution in [3.8, 4) is 0 Å². The van der Waals surface area contributed by atoms with Crippen LogP contribution in [-0.2, 0) is 26.8 Å². The van der Waals surface area contributed by atoms with Gasteiger partial charge in [-0.25, -0.2) is 13.6 Å². The highest BCUT2D eigenvalue weighted by molar-refractivity contribution is 7.89. The Morgan fingerprint density at radius 3 is 2.07 bits per heavy atom. The summed E-state index contributed by atoms with van der Waals surface area (Å²) < 4.78 is 22.6. The standard InChI is InChI=1S/C21H29N3O3S/c1-15(20(25)23-18-10-12-19(13-11-18)28(22,26)27)24(5)14-16-6-8-17(9-7-16)21(2,3)4/h6-13,15H,14H2,1-5H3,(H,23,25)(H2,22,26,27)/t15-/m1/s1. The van der Waals surface area contributed by atoms with Gasteiger partial charge in [0.2, 0.25) is 15.9 Å². The number of hydrogen-bond donors (Lipinski definition) is 2. The third kappa shape index (κ3) is 5.89. The molecule has 0 aliphatic carbocycles. The smallest absolute Gasteiger partial charge is 0.241 e. The number of nitrogens with zero attached hydrogens (tertiary/aromatic N) is 1. The number of anilines is 1. The Kier molecular flexibility index (Phi) is 6.64. The second-order valence-corrected chi connectivity index (χ2v) is 9.66. The first-order valence-corrected chi connectivity index (χ1v) is 10.7. The zero-order valence-electron chi connectivity index (χ0n) is 17.1. The first kappa shape index (κ1) is 22.1. The monoisotopic (exact) mass is 403 g/mol. The molecule has 6 nitrogen and oxygen atoms in total. The van der Waals surface area contributed by atoms with Gasteiger partial charge in [0.15, 0.2) is 0 Å². The van der Waals surface area contributed by atoms with E-state index in [1.165, 1.54) is 29.8 Å². The maximum Gasteiger partial charge on any atom is 0.241 e. The highest BCUT2D eigenvalue weighted by Crippen LogP contribution is 2.22. The van der Waals surface area contributed by atoms with Gasteiger partial charge < -0.3 is 5.32 Å². The second-order valence-electron chi connectivity index (χ2n) is 8.10. The number of carbonyl (C=O) groups excluding carboxylic acids is 1. The summed E-state index contributed by atoms with van der Waals surface area (Å²) in [4.78, 5) is 14.5. The van der Waals surface area contributed by atoms with E-state index in [9.17, 15) is 13.2 Å². The molecule has 2 rings (SSSR count). The average molecular weight is 404 g/mol. The van der Waals surface area contributed by atoms with Crippen LogP contribution in [0.15, 0.2) is 53.4 Å². The van der Waals surface area contributed by atoms with E-state index in [0.29, 0.717) is 12.2 Å². The predicted octanol–water partition coefficient (Wildman–Crippen LogP) is 3.09. The molecule has 7 heteroatoms. The first-order chi connectivity index (χ1) is 12.9. The molecule has 1 atom stereocenters. The fourth-order valence-corrected chi connectivity index (χ4v) is 3.23. The molecule has 0 aromatic heterocycles. The van der Waals surface area contributed by atoms with Crippen molar-refractivity contribution >= 4 is 21.6 Å². The molecule has 152 valence electrons.